The molecule has 2 amide bonds. The quantitative estimate of drug-likeness (QED) is 0.813. The number of nitrogens with zero attached hydrogens (tertiary/aromatic N) is 1. The molecule has 1 aliphatic rings. The predicted octanol–water partition coefficient (Wildman–Crippen LogP) is 2.94. The monoisotopic (exact) mass is 301 g/mol. The second-order valence-corrected chi connectivity index (χ2v) is 6.04. The summed E-state index contributed by atoms with van der Waals surface area (Å²) in [7, 11) is 0. The van der Waals surface area contributed by atoms with Gasteiger partial charge in [-0.25, -0.2) is 4.79 Å². The van der Waals surface area contributed by atoms with Crippen LogP contribution in [0, 0.1) is 5.92 Å². The molecule has 1 fully saturated rings. The molecule has 1 aromatic carbocycles. The molecule has 1 aliphatic carbocycles. The highest BCUT2D eigenvalue weighted by Gasteiger charge is 2.22. The van der Waals surface area contributed by atoms with Crippen molar-refractivity contribution in [2.24, 2.45) is 5.92 Å². The van der Waals surface area contributed by atoms with Crippen LogP contribution in [-0.2, 0) is 6.54 Å². The largest absolute Gasteiger partial charge is 0.393 e. The fraction of sp³-hybridized carbons (Fsp3) is 0.471. The summed E-state index contributed by atoms with van der Waals surface area (Å²) in [4.78, 5) is 12.0. The number of nitrogens with one attached hydrogen (secondary N) is 2. The van der Waals surface area contributed by atoms with Crippen molar-refractivity contribution in [1.29, 1.82) is 0 Å². The number of aromatic nitrogens is 1. The molecule has 0 spiro atoms. The fourth-order valence-corrected chi connectivity index (χ4v) is 3.18. The molecule has 0 aliphatic heterocycles. The summed E-state index contributed by atoms with van der Waals surface area (Å²) in [6.45, 7) is 3.63. The first-order chi connectivity index (χ1) is 10.7. The summed E-state index contributed by atoms with van der Waals surface area (Å²) in [5, 5.41) is 16.5. The number of carbonyl (C=O) groups excluding carboxylic acids is 1. The van der Waals surface area contributed by atoms with Gasteiger partial charge >= 0.3 is 6.03 Å². The third kappa shape index (κ3) is 3.25. The van der Waals surface area contributed by atoms with E-state index in [0.29, 0.717) is 12.5 Å². The van der Waals surface area contributed by atoms with Gasteiger partial charge in [0.25, 0.3) is 0 Å². The zero-order chi connectivity index (χ0) is 15.5. The van der Waals surface area contributed by atoms with E-state index < -0.39 is 0 Å². The lowest BCUT2D eigenvalue weighted by atomic mass is 10.1. The van der Waals surface area contributed by atoms with Gasteiger partial charge in [-0.2, -0.15) is 0 Å². The Bertz CT molecular complexity index is 665. The summed E-state index contributed by atoms with van der Waals surface area (Å²) in [5.74, 6) is 0.389. The van der Waals surface area contributed by atoms with Gasteiger partial charge in [-0.15, -0.1) is 0 Å². The van der Waals surface area contributed by atoms with Crippen molar-refractivity contribution in [3.63, 3.8) is 0 Å². The average Bonchev–Trinajstić information content (AvgIpc) is 3.10. The number of urea groups is 1. The van der Waals surface area contributed by atoms with E-state index in [4.69, 9.17) is 0 Å². The number of fused-ring (bicyclic) bond motifs is 1. The van der Waals surface area contributed by atoms with Crippen molar-refractivity contribution in [1.82, 2.24) is 9.88 Å². The molecule has 22 heavy (non-hydrogen) atoms. The Hall–Kier alpha value is -2.01. The van der Waals surface area contributed by atoms with Gasteiger partial charge in [0, 0.05) is 25.0 Å². The van der Waals surface area contributed by atoms with Gasteiger partial charge in [0.1, 0.15) is 0 Å². The smallest absolute Gasteiger partial charge is 0.319 e. The molecule has 0 bridgehead atoms. The highest BCUT2D eigenvalue weighted by atomic mass is 16.3. The first-order valence-corrected chi connectivity index (χ1v) is 7.97. The molecule has 0 unspecified atom stereocenters. The number of aryl methyl sites for hydroxylation is 1. The zero-order valence-electron chi connectivity index (χ0n) is 12.9. The minimum absolute atomic E-state index is 0.185. The van der Waals surface area contributed by atoms with E-state index in [2.05, 4.69) is 34.4 Å². The molecule has 2 aromatic rings. The SMILES string of the molecule is CCn1ccc2ccc(NC(=O)NC[C@@H]3CC[C@@H](O)C3)cc21. The van der Waals surface area contributed by atoms with E-state index in [1.54, 1.807) is 0 Å². The molecule has 118 valence electrons. The zero-order valence-corrected chi connectivity index (χ0v) is 12.9. The number of anilines is 1. The first kappa shape index (κ1) is 14.9. The van der Waals surface area contributed by atoms with Crippen LogP contribution in [0.2, 0.25) is 0 Å². The molecule has 0 radical (unpaired) electrons. The Morgan fingerprint density at radius 3 is 2.95 bits per heavy atom. The second kappa shape index (κ2) is 6.40. The van der Waals surface area contributed by atoms with E-state index in [9.17, 15) is 9.90 Å². The number of amides is 2. The predicted molar refractivity (Wildman–Crippen MR) is 88.0 cm³/mol. The number of rotatable bonds is 4. The Morgan fingerprint density at radius 1 is 1.36 bits per heavy atom. The summed E-state index contributed by atoms with van der Waals surface area (Å²) < 4.78 is 2.15. The lowest BCUT2D eigenvalue weighted by Crippen LogP contribution is -2.32. The third-order valence-corrected chi connectivity index (χ3v) is 4.44. The highest BCUT2D eigenvalue weighted by Crippen LogP contribution is 2.24. The number of carbonyl (C=O) groups is 1. The van der Waals surface area contributed by atoms with Gasteiger partial charge in [0.15, 0.2) is 0 Å². The number of hydrogen-bond donors (Lipinski definition) is 3. The van der Waals surface area contributed by atoms with E-state index in [0.717, 1.165) is 37.0 Å². The van der Waals surface area contributed by atoms with Gasteiger partial charge in [-0.05, 0) is 55.7 Å². The van der Waals surface area contributed by atoms with E-state index in [-0.39, 0.29) is 12.1 Å². The highest BCUT2D eigenvalue weighted by molar-refractivity contribution is 5.92. The van der Waals surface area contributed by atoms with Crippen LogP contribution in [0.15, 0.2) is 30.5 Å². The molecule has 1 heterocycles. The third-order valence-electron chi connectivity index (χ3n) is 4.44. The van der Waals surface area contributed by atoms with Crippen LogP contribution in [0.4, 0.5) is 10.5 Å². The maximum Gasteiger partial charge on any atom is 0.319 e. The van der Waals surface area contributed by atoms with Gasteiger partial charge in [0.05, 0.1) is 11.6 Å². The topological polar surface area (TPSA) is 66.3 Å². The van der Waals surface area contributed by atoms with E-state index in [1.165, 1.54) is 5.39 Å². The van der Waals surface area contributed by atoms with Gasteiger partial charge in [-0.1, -0.05) is 6.07 Å². The van der Waals surface area contributed by atoms with E-state index in [1.807, 2.05) is 18.2 Å². The molecule has 3 N–H and O–H groups in total. The molecule has 1 aromatic heterocycles. The normalized spacial score (nSPS) is 21.2. The fourth-order valence-electron chi connectivity index (χ4n) is 3.18. The summed E-state index contributed by atoms with van der Waals surface area (Å²) in [6, 6.07) is 7.83. The Morgan fingerprint density at radius 2 is 2.23 bits per heavy atom. The van der Waals surface area contributed by atoms with Crippen LogP contribution >= 0.6 is 0 Å². The minimum Gasteiger partial charge on any atom is -0.393 e. The number of hydrogen-bond acceptors (Lipinski definition) is 2. The number of benzene rings is 1. The van der Waals surface area contributed by atoms with Crippen molar-refractivity contribution in [3.8, 4) is 0 Å². The first-order valence-electron chi connectivity index (χ1n) is 7.97. The van der Waals surface area contributed by atoms with Crippen LogP contribution in [0.1, 0.15) is 26.2 Å². The maximum atomic E-state index is 12.0. The molecule has 5 heteroatoms. The molecule has 2 atom stereocenters. The van der Waals surface area contributed by atoms with Crippen LogP contribution in [0.25, 0.3) is 10.9 Å². The number of aliphatic hydroxyl groups is 1. The van der Waals surface area contributed by atoms with Crippen molar-refractivity contribution >= 4 is 22.6 Å². The van der Waals surface area contributed by atoms with Gasteiger partial charge in [0.2, 0.25) is 0 Å². The summed E-state index contributed by atoms with van der Waals surface area (Å²) in [5.41, 5.74) is 1.92. The lowest BCUT2D eigenvalue weighted by Gasteiger charge is -2.12. The van der Waals surface area contributed by atoms with Crippen molar-refractivity contribution in [3.05, 3.63) is 30.5 Å². The van der Waals surface area contributed by atoms with Crippen LogP contribution in [0.5, 0.6) is 0 Å². The molecule has 1 saturated carbocycles. The second-order valence-electron chi connectivity index (χ2n) is 6.04. The molecular formula is C17H23N3O2. The summed E-state index contributed by atoms with van der Waals surface area (Å²) >= 11 is 0. The van der Waals surface area contributed by atoms with Crippen molar-refractivity contribution in [2.45, 2.75) is 38.8 Å². The standard InChI is InChI=1S/C17H23N3O2/c1-2-20-8-7-13-4-5-14(10-16(13)20)19-17(22)18-11-12-3-6-15(21)9-12/h4-5,7-8,10,12,15,21H,2-3,6,9,11H2,1H3,(H2,18,19,22)/t12-,15-/m1/s1. The van der Waals surface area contributed by atoms with Crippen LogP contribution in [0.3, 0.4) is 0 Å². The number of aliphatic hydroxyl groups excluding tert-OH is 1. The summed E-state index contributed by atoms with van der Waals surface area (Å²) in [6.07, 6.45) is 4.48. The van der Waals surface area contributed by atoms with Crippen LogP contribution < -0.4 is 10.6 Å². The minimum atomic E-state index is -0.195. The van der Waals surface area contributed by atoms with E-state index >= 15 is 0 Å². The van der Waals surface area contributed by atoms with Gasteiger partial charge < -0.3 is 20.3 Å². The van der Waals surface area contributed by atoms with Crippen molar-refractivity contribution in [2.75, 3.05) is 11.9 Å². The van der Waals surface area contributed by atoms with Gasteiger partial charge in [-0.3, -0.25) is 0 Å². The Labute approximate surface area is 130 Å². The Balaban J connectivity index is 1.59. The molecule has 5 nitrogen and oxygen atoms in total. The Kier molecular flexibility index (Phi) is 4.34. The molecule has 0 saturated heterocycles. The van der Waals surface area contributed by atoms with Crippen molar-refractivity contribution < 1.29 is 9.90 Å². The van der Waals surface area contributed by atoms with Crippen LogP contribution in [-0.4, -0.2) is 28.4 Å². The molecule has 3 rings (SSSR count). The lowest BCUT2D eigenvalue weighted by molar-refractivity contribution is 0.177. The average molecular weight is 301 g/mol. The maximum absolute atomic E-state index is 12.0. The molecular weight excluding hydrogens is 278 g/mol.